The van der Waals surface area contributed by atoms with Crippen molar-refractivity contribution in [2.45, 2.75) is 37.3 Å². The molecule has 0 aliphatic carbocycles. The van der Waals surface area contributed by atoms with Gasteiger partial charge in [-0.15, -0.1) is 11.8 Å². The van der Waals surface area contributed by atoms with Crippen LogP contribution in [0.15, 0.2) is 33.7 Å². The predicted octanol–water partition coefficient (Wildman–Crippen LogP) is 3.61. The zero-order chi connectivity index (χ0) is 19.1. The van der Waals surface area contributed by atoms with Crippen molar-refractivity contribution < 1.29 is 18.8 Å². The number of amides is 1. The molecule has 0 atom stereocenters. The lowest BCUT2D eigenvalue weighted by atomic mass is 10.2. The van der Waals surface area contributed by atoms with Gasteiger partial charge in [-0.1, -0.05) is 17.3 Å². The van der Waals surface area contributed by atoms with Gasteiger partial charge in [0.2, 0.25) is 0 Å². The molecule has 0 saturated carbocycles. The van der Waals surface area contributed by atoms with Gasteiger partial charge >= 0.3 is 5.97 Å². The van der Waals surface area contributed by atoms with Gasteiger partial charge in [-0.2, -0.15) is 0 Å². The molecular formula is C19H24N2O4S. The molecule has 1 aromatic carbocycles. The molecule has 0 fully saturated rings. The molecule has 0 N–H and O–H groups in total. The summed E-state index contributed by atoms with van der Waals surface area (Å²) >= 11 is 1.59. The Morgan fingerprint density at radius 2 is 2.00 bits per heavy atom. The van der Waals surface area contributed by atoms with E-state index in [2.05, 4.69) is 9.89 Å². The Hall–Kier alpha value is -2.28. The molecule has 1 amide bonds. The largest absolute Gasteiger partial charge is 0.469 e. The van der Waals surface area contributed by atoms with Crippen LogP contribution < -0.4 is 0 Å². The number of rotatable bonds is 8. The molecule has 2 rings (SSSR count). The van der Waals surface area contributed by atoms with Gasteiger partial charge < -0.3 is 14.2 Å². The molecule has 1 heterocycles. The van der Waals surface area contributed by atoms with Gasteiger partial charge in [0.25, 0.3) is 5.91 Å². The molecular weight excluding hydrogens is 352 g/mol. The van der Waals surface area contributed by atoms with Gasteiger partial charge in [0.1, 0.15) is 5.76 Å². The third-order valence-corrected chi connectivity index (χ3v) is 5.22. The van der Waals surface area contributed by atoms with Crippen LogP contribution in [0.1, 0.15) is 40.2 Å². The van der Waals surface area contributed by atoms with E-state index in [9.17, 15) is 9.59 Å². The summed E-state index contributed by atoms with van der Waals surface area (Å²) < 4.78 is 9.82. The Balaban J connectivity index is 2.03. The van der Waals surface area contributed by atoms with Gasteiger partial charge in [0.05, 0.1) is 18.4 Å². The number of ether oxygens (including phenoxy) is 1. The standard InChI is InChI=1S/C19H24N2O4S/c1-13-16(14(2)25-20-13)12-26-17-9-6-5-8-15(17)19(23)21(3)11-7-10-18(22)24-4/h5-6,8-9H,7,10-12H2,1-4H3. The molecule has 0 saturated heterocycles. The number of hydrogen-bond acceptors (Lipinski definition) is 6. The minimum atomic E-state index is -0.263. The minimum Gasteiger partial charge on any atom is -0.469 e. The molecule has 6 nitrogen and oxygen atoms in total. The second kappa shape index (κ2) is 9.43. The zero-order valence-electron chi connectivity index (χ0n) is 15.6. The number of aryl methyl sites for hydroxylation is 2. The van der Waals surface area contributed by atoms with Crippen molar-refractivity contribution in [2.24, 2.45) is 0 Å². The van der Waals surface area contributed by atoms with Crippen molar-refractivity contribution in [1.82, 2.24) is 10.1 Å². The quantitative estimate of drug-likeness (QED) is 0.518. The molecule has 0 radical (unpaired) electrons. The van der Waals surface area contributed by atoms with Crippen LogP contribution in [0.5, 0.6) is 0 Å². The first kappa shape index (κ1) is 20.0. The van der Waals surface area contributed by atoms with Crippen LogP contribution in [0.25, 0.3) is 0 Å². The van der Waals surface area contributed by atoms with Gasteiger partial charge in [-0.3, -0.25) is 9.59 Å². The average molecular weight is 376 g/mol. The Morgan fingerprint density at radius 3 is 2.65 bits per heavy atom. The third-order valence-electron chi connectivity index (χ3n) is 4.12. The average Bonchev–Trinajstić information content (AvgIpc) is 2.97. The maximum atomic E-state index is 12.8. The number of carbonyl (C=O) groups excluding carboxylic acids is 2. The maximum Gasteiger partial charge on any atom is 0.305 e. The van der Waals surface area contributed by atoms with E-state index in [-0.39, 0.29) is 11.9 Å². The van der Waals surface area contributed by atoms with Crippen LogP contribution in [-0.4, -0.2) is 42.6 Å². The summed E-state index contributed by atoms with van der Waals surface area (Å²) in [6.07, 6.45) is 0.875. The number of esters is 1. The fourth-order valence-electron chi connectivity index (χ4n) is 2.50. The summed E-state index contributed by atoms with van der Waals surface area (Å²) in [5.41, 5.74) is 2.59. The first-order valence-electron chi connectivity index (χ1n) is 8.40. The lowest BCUT2D eigenvalue weighted by Gasteiger charge is -2.18. The van der Waals surface area contributed by atoms with Crippen LogP contribution >= 0.6 is 11.8 Å². The lowest BCUT2D eigenvalue weighted by Crippen LogP contribution is -2.28. The van der Waals surface area contributed by atoms with Crippen molar-refractivity contribution in [2.75, 3.05) is 20.7 Å². The minimum absolute atomic E-state index is 0.0586. The second-order valence-electron chi connectivity index (χ2n) is 5.99. The Morgan fingerprint density at radius 1 is 1.27 bits per heavy atom. The monoisotopic (exact) mass is 376 g/mol. The zero-order valence-corrected chi connectivity index (χ0v) is 16.4. The summed E-state index contributed by atoms with van der Waals surface area (Å²) in [5.74, 6) is 1.18. The van der Waals surface area contributed by atoms with Crippen LogP contribution in [-0.2, 0) is 15.3 Å². The highest BCUT2D eigenvalue weighted by molar-refractivity contribution is 7.98. The van der Waals surface area contributed by atoms with Crippen molar-refractivity contribution in [1.29, 1.82) is 0 Å². The van der Waals surface area contributed by atoms with Gasteiger partial charge in [0.15, 0.2) is 0 Å². The summed E-state index contributed by atoms with van der Waals surface area (Å²) in [4.78, 5) is 26.5. The van der Waals surface area contributed by atoms with E-state index in [1.807, 2.05) is 38.1 Å². The van der Waals surface area contributed by atoms with E-state index >= 15 is 0 Å². The van der Waals surface area contributed by atoms with E-state index in [0.29, 0.717) is 30.7 Å². The molecule has 0 bridgehead atoms. The highest BCUT2D eigenvalue weighted by Crippen LogP contribution is 2.29. The highest BCUT2D eigenvalue weighted by Gasteiger charge is 2.17. The molecule has 0 aliphatic rings. The van der Waals surface area contributed by atoms with Crippen LogP contribution in [0.2, 0.25) is 0 Å². The number of nitrogens with zero attached hydrogens (tertiary/aromatic N) is 2. The number of benzene rings is 1. The van der Waals surface area contributed by atoms with Crippen LogP contribution in [0, 0.1) is 13.8 Å². The summed E-state index contributed by atoms with van der Waals surface area (Å²) in [5, 5.41) is 3.97. The summed E-state index contributed by atoms with van der Waals surface area (Å²) in [6, 6.07) is 7.55. The Labute approximate surface area is 157 Å². The first-order valence-corrected chi connectivity index (χ1v) is 9.38. The fraction of sp³-hybridized carbons (Fsp3) is 0.421. The number of hydrogen-bond donors (Lipinski definition) is 0. The van der Waals surface area contributed by atoms with Crippen molar-refractivity contribution in [3.63, 3.8) is 0 Å². The van der Waals surface area contributed by atoms with Gasteiger partial charge in [-0.25, -0.2) is 0 Å². The molecule has 2 aromatic rings. The van der Waals surface area contributed by atoms with E-state index in [0.717, 1.165) is 21.9 Å². The molecule has 140 valence electrons. The van der Waals surface area contributed by atoms with E-state index in [1.54, 1.807) is 23.7 Å². The normalized spacial score (nSPS) is 10.6. The first-order chi connectivity index (χ1) is 12.4. The van der Waals surface area contributed by atoms with E-state index in [4.69, 9.17) is 4.52 Å². The summed E-state index contributed by atoms with van der Waals surface area (Å²) in [6.45, 7) is 4.30. The number of methoxy groups -OCH3 is 1. The molecule has 26 heavy (non-hydrogen) atoms. The number of aromatic nitrogens is 1. The van der Waals surface area contributed by atoms with Crippen LogP contribution in [0.4, 0.5) is 0 Å². The molecule has 0 unspecified atom stereocenters. The number of thioether (sulfide) groups is 1. The second-order valence-corrected chi connectivity index (χ2v) is 7.01. The molecule has 0 spiro atoms. The highest BCUT2D eigenvalue weighted by atomic mass is 32.2. The topological polar surface area (TPSA) is 72.6 Å². The van der Waals surface area contributed by atoms with Gasteiger partial charge in [-0.05, 0) is 32.4 Å². The molecule has 7 heteroatoms. The van der Waals surface area contributed by atoms with Crippen molar-refractivity contribution in [3.8, 4) is 0 Å². The molecule has 1 aromatic heterocycles. The van der Waals surface area contributed by atoms with Gasteiger partial charge in [0, 0.05) is 36.2 Å². The Bertz CT molecular complexity index is 753. The maximum absolute atomic E-state index is 12.8. The van der Waals surface area contributed by atoms with E-state index < -0.39 is 0 Å². The van der Waals surface area contributed by atoms with Crippen LogP contribution in [0.3, 0.4) is 0 Å². The Kier molecular flexibility index (Phi) is 7.26. The fourth-order valence-corrected chi connectivity index (χ4v) is 3.69. The summed E-state index contributed by atoms with van der Waals surface area (Å²) in [7, 11) is 3.11. The van der Waals surface area contributed by atoms with Crippen molar-refractivity contribution in [3.05, 3.63) is 46.8 Å². The van der Waals surface area contributed by atoms with Crippen molar-refractivity contribution >= 4 is 23.6 Å². The lowest BCUT2D eigenvalue weighted by molar-refractivity contribution is -0.140. The SMILES string of the molecule is COC(=O)CCCN(C)C(=O)c1ccccc1SCc1c(C)noc1C. The smallest absolute Gasteiger partial charge is 0.305 e. The third kappa shape index (κ3) is 5.11. The molecule has 0 aliphatic heterocycles. The predicted molar refractivity (Wildman–Crippen MR) is 100 cm³/mol. The number of carbonyl (C=O) groups is 2. The van der Waals surface area contributed by atoms with E-state index in [1.165, 1.54) is 7.11 Å².